The summed E-state index contributed by atoms with van der Waals surface area (Å²) in [6, 6.07) is 1.61. The minimum Gasteiger partial charge on any atom is -0.446 e. The first-order valence-corrected chi connectivity index (χ1v) is 5.70. The number of rotatable bonds is 2. The van der Waals surface area contributed by atoms with E-state index in [0.29, 0.717) is 5.39 Å². The fourth-order valence-corrected chi connectivity index (χ4v) is 2.14. The molecule has 0 saturated carbocycles. The van der Waals surface area contributed by atoms with E-state index in [0.717, 1.165) is 4.57 Å². The van der Waals surface area contributed by atoms with E-state index in [9.17, 15) is 15.0 Å². The van der Waals surface area contributed by atoms with Gasteiger partial charge in [0.1, 0.15) is 18.3 Å². The predicted octanol–water partition coefficient (Wildman–Crippen LogP) is -1.40. The van der Waals surface area contributed by atoms with E-state index in [1.165, 1.54) is 12.5 Å². The van der Waals surface area contributed by atoms with Crippen LogP contribution in [-0.2, 0) is 4.74 Å². The maximum absolute atomic E-state index is 11.8. The smallest absolute Gasteiger partial charge is 0.353 e. The molecular weight excluding hydrogens is 256 g/mol. The summed E-state index contributed by atoms with van der Waals surface area (Å²) in [6.45, 7) is -0.454. The largest absolute Gasteiger partial charge is 0.446 e. The highest BCUT2D eigenvalue weighted by Gasteiger charge is 2.43. The summed E-state index contributed by atoms with van der Waals surface area (Å²) in [5, 5.41) is 29.1. The van der Waals surface area contributed by atoms with Gasteiger partial charge in [-0.25, -0.2) is 4.79 Å². The molecule has 2 aromatic heterocycles. The van der Waals surface area contributed by atoms with Crippen LogP contribution in [0.4, 0.5) is 0 Å². The van der Waals surface area contributed by atoms with Gasteiger partial charge in [0.25, 0.3) is 0 Å². The Labute approximate surface area is 106 Å². The zero-order valence-electron chi connectivity index (χ0n) is 9.71. The molecule has 4 atom stereocenters. The van der Waals surface area contributed by atoms with Crippen LogP contribution in [0.3, 0.4) is 0 Å². The highest BCUT2D eigenvalue weighted by Crippen LogP contribution is 2.28. The zero-order chi connectivity index (χ0) is 13.6. The van der Waals surface area contributed by atoms with Crippen LogP contribution >= 0.6 is 0 Å². The number of aliphatic hydroxyl groups excluding tert-OH is 3. The van der Waals surface area contributed by atoms with Crippen LogP contribution in [0.1, 0.15) is 6.23 Å². The molecule has 1 aliphatic heterocycles. The van der Waals surface area contributed by atoms with Gasteiger partial charge in [-0.2, -0.15) is 4.98 Å². The summed E-state index contributed by atoms with van der Waals surface area (Å²) in [5.74, 6) is 0. The van der Waals surface area contributed by atoms with Gasteiger partial charge in [-0.15, -0.1) is 0 Å². The minimum atomic E-state index is -1.32. The van der Waals surface area contributed by atoms with Crippen LogP contribution in [-0.4, -0.2) is 49.8 Å². The molecule has 0 bridgehead atoms. The SMILES string of the molecule is O=c1nc2occc2cn1C1O[C@H](CO)[C@@H](O)[C@H]1O. The Morgan fingerprint density at radius 2 is 2.16 bits per heavy atom. The van der Waals surface area contributed by atoms with Crippen LogP contribution in [0.25, 0.3) is 11.1 Å². The first kappa shape index (κ1) is 12.3. The molecular formula is C11H12N2O6. The second-order valence-corrected chi connectivity index (χ2v) is 4.34. The Morgan fingerprint density at radius 1 is 1.37 bits per heavy atom. The van der Waals surface area contributed by atoms with Crippen molar-refractivity contribution >= 4 is 11.1 Å². The number of furan rings is 1. The maximum Gasteiger partial charge on any atom is 0.353 e. The first-order chi connectivity index (χ1) is 9.11. The number of aliphatic hydroxyl groups is 3. The Bertz CT molecular complexity index is 650. The summed E-state index contributed by atoms with van der Waals surface area (Å²) in [4.78, 5) is 15.5. The molecule has 3 heterocycles. The quantitative estimate of drug-likeness (QED) is 0.613. The van der Waals surface area contributed by atoms with Crippen LogP contribution in [0.2, 0.25) is 0 Å². The second kappa shape index (κ2) is 4.42. The molecule has 0 spiro atoms. The third-order valence-corrected chi connectivity index (χ3v) is 3.16. The lowest BCUT2D eigenvalue weighted by atomic mass is 10.1. The van der Waals surface area contributed by atoms with Gasteiger partial charge in [-0.1, -0.05) is 0 Å². The van der Waals surface area contributed by atoms with Crippen molar-refractivity contribution in [3.05, 3.63) is 29.0 Å². The molecule has 0 amide bonds. The molecule has 1 fully saturated rings. The van der Waals surface area contributed by atoms with E-state index in [4.69, 9.17) is 14.3 Å². The highest BCUT2D eigenvalue weighted by atomic mass is 16.6. The average Bonchev–Trinajstić information content (AvgIpc) is 2.95. The second-order valence-electron chi connectivity index (χ2n) is 4.34. The van der Waals surface area contributed by atoms with Crippen molar-refractivity contribution in [2.45, 2.75) is 24.5 Å². The van der Waals surface area contributed by atoms with E-state index in [-0.39, 0.29) is 5.71 Å². The number of hydrogen-bond acceptors (Lipinski definition) is 7. The lowest BCUT2D eigenvalue weighted by molar-refractivity contribution is -0.0547. The monoisotopic (exact) mass is 268 g/mol. The molecule has 1 unspecified atom stereocenters. The molecule has 19 heavy (non-hydrogen) atoms. The highest BCUT2D eigenvalue weighted by molar-refractivity contribution is 5.71. The molecule has 3 rings (SSSR count). The number of nitrogens with zero attached hydrogens (tertiary/aromatic N) is 2. The first-order valence-electron chi connectivity index (χ1n) is 5.70. The number of ether oxygens (including phenoxy) is 1. The lowest BCUT2D eigenvalue weighted by Crippen LogP contribution is -2.35. The summed E-state index contributed by atoms with van der Waals surface area (Å²) in [6.07, 6.45) is -1.80. The van der Waals surface area contributed by atoms with E-state index >= 15 is 0 Å². The third-order valence-electron chi connectivity index (χ3n) is 3.16. The molecule has 8 nitrogen and oxygen atoms in total. The van der Waals surface area contributed by atoms with Gasteiger partial charge in [0.05, 0.1) is 18.3 Å². The van der Waals surface area contributed by atoms with Crippen LogP contribution in [0.15, 0.2) is 27.7 Å². The molecule has 1 aliphatic rings. The van der Waals surface area contributed by atoms with Crippen molar-refractivity contribution in [3.63, 3.8) is 0 Å². The Morgan fingerprint density at radius 3 is 2.84 bits per heavy atom. The van der Waals surface area contributed by atoms with Crippen molar-refractivity contribution in [2.75, 3.05) is 6.61 Å². The predicted molar refractivity (Wildman–Crippen MR) is 61.3 cm³/mol. The Balaban J connectivity index is 2.04. The summed E-state index contributed by atoms with van der Waals surface area (Å²) in [7, 11) is 0. The van der Waals surface area contributed by atoms with Crippen molar-refractivity contribution in [1.29, 1.82) is 0 Å². The molecule has 0 radical (unpaired) electrons. The number of fused-ring (bicyclic) bond motifs is 1. The van der Waals surface area contributed by atoms with Crippen molar-refractivity contribution in [2.24, 2.45) is 0 Å². The van der Waals surface area contributed by atoms with Gasteiger partial charge < -0.3 is 24.5 Å². The van der Waals surface area contributed by atoms with Gasteiger partial charge in [0, 0.05) is 6.20 Å². The van der Waals surface area contributed by atoms with Crippen LogP contribution in [0, 0.1) is 0 Å². The lowest BCUT2D eigenvalue weighted by Gasteiger charge is -2.16. The molecule has 0 aliphatic carbocycles. The Kier molecular flexibility index (Phi) is 2.86. The molecule has 102 valence electrons. The molecule has 8 heteroatoms. The van der Waals surface area contributed by atoms with Gasteiger partial charge in [-0.3, -0.25) is 4.57 Å². The maximum atomic E-state index is 11.8. The van der Waals surface area contributed by atoms with Gasteiger partial charge in [0.15, 0.2) is 6.23 Å². The molecule has 2 aromatic rings. The van der Waals surface area contributed by atoms with Crippen molar-refractivity contribution < 1.29 is 24.5 Å². The van der Waals surface area contributed by atoms with Gasteiger partial charge in [0.2, 0.25) is 5.71 Å². The normalized spacial score (nSPS) is 31.1. The summed E-state index contributed by atoms with van der Waals surface area (Å²) in [5.41, 5.74) is -0.481. The summed E-state index contributed by atoms with van der Waals surface area (Å²) >= 11 is 0. The fourth-order valence-electron chi connectivity index (χ4n) is 2.14. The van der Waals surface area contributed by atoms with Crippen LogP contribution in [0.5, 0.6) is 0 Å². The molecule has 3 N–H and O–H groups in total. The van der Waals surface area contributed by atoms with Crippen molar-refractivity contribution in [1.82, 2.24) is 9.55 Å². The van der Waals surface area contributed by atoms with E-state index in [2.05, 4.69) is 4.98 Å². The standard InChI is InChI=1S/C11H12N2O6/c14-4-6-7(15)8(16)10(19-6)13-3-5-1-2-18-9(5)12-11(13)17/h1-3,6-8,10,14-16H,4H2/t6-,7-,8-,10?/m1/s1. The van der Waals surface area contributed by atoms with Crippen LogP contribution < -0.4 is 5.69 Å². The molecule has 1 saturated heterocycles. The van der Waals surface area contributed by atoms with E-state index in [1.807, 2.05) is 0 Å². The minimum absolute atomic E-state index is 0.188. The zero-order valence-corrected chi connectivity index (χ0v) is 9.71. The number of aromatic nitrogens is 2. The van der Waals surface area contributed by atoms with Gasteiger partial charge in [-0.05, 0) is 6.07 Å². The average molecular weight is 268 g/mol. The summed E-state index contributed by atoms with van der Waals surface area (Å²) < 4.78 is 11.3. The van der Waals surface area contributed by atoms with E-state index in [1.54, 1.807) is 6.07 Å². The fraction of sp³-hybridized carbons (Fsp3) is 0.455. The van der Waals surface area contributed by atoms with E-state index < -0.39 is 36.8 Å². The number of hydrogen-bond donors (Lipinski definition) is 3. The van der Waals surface area contributed by atoms with Crippen molar-refractivity contribution in [3.8, 4) is 0 Å². The topological polar surface area (TPSA) is 118 Å². The Hall–Kier alpha value is -1.74. The van der Waals surface area contributed by atoms with Gasteiger partial charge >= 0.3 is 5.69 Å². The third kappa shape index (κ3) is 1.85. The molecule has 0 aromatic carbocycles.